The number of rotatable bonds is 5. The SMILES string of the molecule is [CH2]c1ccccc1NCc1ccc(OC(F)(F)C(F)(F)F)cc1. The lowest BCUT2D eigenvalue weighted by molar-refractivity contribution is -0.360. The van der Waals surface area contributed by atoms with Gasteiger partial charge in [-0.25, -0.2) is 0 Å². The predicted molar refractivity (Wildman–Crippen MR) is 76.3 cm³/mol. The van der Waals surface area contributed by atoms with Crippen LogP contribution < -0.4 is 10.1 Å². The molecular formula is C16H13F5NO. The maximum Gasteiger partial charge on any atom is 0.499 e. The molecule has 0 saturated heterocycles. The highest BCUT2D eigenvalue weighted by Crippen LogP contribution is 2.37. The average molecular weight is 330 g/mol. The van der Waals surface area contributed by atoms with Crippen molar-refractivity contribution >= 4 is 5.69 Å². The summed E-state index contributed by atoms with van der Waals surface area (Å²) in [6, 6.07) is 12.2. The Morgan fingerprint density at radius 1 is 0.913 bits per heavy atom. The van der Waals surface area contributed by atoms with E-state index in [1.165, 1.54) is 12.1 Å². The number of benzene rings is 2. The molecule has 0 fully saturated rings. The van der Waals surface area contributed by atoms with Crippen molar-refractivity contribution in [2.75, 3.05) is 5.32 Å². The molecule has 0 spiro atoms. The minimum absolute atomic E-state index is 0.364. The van der Waals surface area contributed by atoms with Crippen LogP contribution in [-0.2, 0) is 6.54 Å². The lowest BCUT2D eigenvalue weighted by atomic mass is 10.1. The van der Waals surface area contributed by atoms with Crippen LogP contribution in [0.25, 0.3) is 0 Å². The van der Waals surface area contributed by atoms with Crippen molar-refractivity contribution in [3.05, 3.63) is 66.6 Å². The highest BCUT2D eigenvalue weighted by molar-refractivity contribution is 5.52. The van der Waals surface area contributed by atoms with E-state index in [9.17, 15) is 22.0 Å². The molecule has 0 aromatic heterocycles. The molecule has 0 heterocycles. The van der Waals surface area contributed by atoms with E-state index in [4.69, 9.17) is 0 Å². The van der Waals surface area contributed by atoms with Gasteiger partial charge in [0, 0.05) is 12.2 Å². The summed E-state index contributed by atoms with van der Waals surface area (Å²) < 4.78 is 65.4. The highest BCUT2D eigenvalue weighted by atomic mass is 19.4. The minimum Gasteiger partial charge on any atom is -0.426 e. The highest BCUT2D eigenvalue weighted by Gasteiger charge is 2.61. The Balaban J connectivity index is 1.99. The van der Waals surface area contributed by atoms with Crippen LogP contribution in [0.1, 0.15) is 11.1 Å². The number of hydrogen-bond donors (Lipinski definition) is 1. The van der Waals surface area contributed by atoms with Crippen molar-refractivity contribution in [3.63, 3.8) is 0 Å². The van der Waals surface area contributed by atoms with Gasteiger partial charge in [-0.15, -0.1) is 0 Å². The van der Waals surface area contributed by atoms with Gasteiger partial charge in [-0.3, -0.25) is 0 Å². The second kappa shape index (κ2) is 6.44. The first-order chi connectivity index (χ1) is 10.7. The van der Waals surface area contributed by atoms with E-state index in [2.05, 4.69) is 17.0 Å². The van der Waals surface area contributed by atoms with E-state index in [1.54, 1.807) is 0 Å². The van der Waals surface area contributed by atoms with Crippen LogP contribution in [0.15, 0.2) is 48.5 Å². The number of hydrogen-bond acceptors (Lipinski definition) is 2. The van der Waals surface area contributed by atoms with Gasteiger partial charge in [-0.2, -0.15) is 22.0 Å². The van der Waals surface area contributed by atoms with Crippen LogP contribution in [-0.4, -0.2) is 12.3 Å². The van der Waals surface area contributed by atoms with Crippen LogP contribution in [0, 0.1) is 6.92 Å². The monoisotopic (exact) mass is 330 g/mol. The fourth-order valence-electron chi connectivity index (χ4n) is 1.77. The van der Waals surface area contributed by atoms with Crippen molar-refractivity contribution in [1.29, 1.82) is 0 Å². The number of ether oxygens (including phenoxy) is 1. The number of anilines is 1. The summed E-state index contributed by atoms with van der Waals surface area (Å²) >= 11 is 0. The third-order valence-corrected chi connectivity index (χ3v) is 3.00. The molecule has 2 nitrogen and oxygen atoms in total. The van der Waals surface area contributed by atoms with E-state index in [-0.39, 0.29) is 0 Å². The Labute approximate surface area is 129 Å². The zero-order chi connectivity index (χ0) is 17.1. The molecule has 1 N–H and O–H groups in total. The van der Waals surface area contributed by atoms with Crippen LogP contribution in [0.5, 0.6) is 5.75 Å². The molecule has 0 amide bonds. The van der Waals surface area contributed by atoms with Gasteiger partial charge in [0.2, 0.25) is 0 Å². The topological polar surface area (TPSA) is 21.3 Å². The summed E-state index contributed by atoms with van der Waals surface area (Å²) in [6.45, 7) is 4.20. The van der Waals surface area contributed by atoms with Gasteiger partial charge in [0.1, 0.15) is 5.75 Å². The molecular weight excluding hydrogens is 317 g/mol. The molecule has 0 bridgehead atoms. The third-order valence-electron chi connectivity index (χ3n) is 3.00. The molecule has 2 aromatic carbocycles. The van der Waals surface area contributed by atoms with Crippen molar-refractivity contribution in [3.8, 4) is 5.75 Å². The normalized spacial score (nSPS) is 12.1. The second-order valence-electron chi connectivity index (χ2n) is 4.77. The molecule has 0 aliphatic rings. The molecule has 123 valence electrons. The van der Waals surface area contributed by atoms with Crippen LogP contribution in [0.2, 0.25) is 0 Å². The van der Waals surface area contributed by atoms with E-state index >= 15 is 0 Å². The van der Waals surface area contributed by atoms with Crippen LogP contribution >= 0.6 is 0 Å². The number of nitrogens with one attached hydrogen (secondary N) is 1. The first kappa shape index (κ1) is 17.1. The van der Waals surface area contributed by atoms with Crippen molar-refractivity contribution in [1.82, 2.24) is 0 Å². The standard InChI is InChI=1S/C16H13F5NO/c1-11-4-2-3-5-14(11)22-10-12-6-8-13(9-7-12)23-16(20,21)15(17,18)19/h2-9,22H,1,10H2. The summed E-state index contributed by atoms with van der Waals surface area (Å²) in [5.41, 5.74) is 2.28. The summed E-state index contributed by atoms with van der Waals surface area (Å²) in [5, 5.41) is 3.09. The quantitative estimate of drug-likeness (QED) is 0.778. The molecule has 7 heteroatoms. The first-order valence-electron chi connectivity index (χ1n) is 6.56. The molecule has 2 rings (SSSR count). The maximum atomic E-state index is 12.8. The van der Waals surface area contributed by atoms with Gasteiger partial charge < -0.3 is 10.1 Å². The predicted octanol–water partition coefficient (Wildman–Crippen LogP) is 5.01. The Hall–Kier alpha value is -2.31. The summed E-state index contributed by atoms with van der Waals surface area (Å²) in [6.07, 6.45) is -11.0. The molecule has 23 heavy (non-hydrogen) atoms. The van der Waals surface area contributed by atoms with Gasteiger partial charge in [-0.05, 0) is 36.2 Å². The summed E-state index contributed by atoms with van der Waals surface area (Å²) in [4.78, 5) is 0. The lowest BCUT2D eigenvalue weighted by Gasteiger charge is -2.20. The minimum atomic E-state index is -5.76. The van der Waals surface area contributed by atoms with Gasteiger partial charge in [0.05, 0.1) is 0 Å². The molecule has 0 atom stereocenters. The van der Waals surface area contributed by atoms with Crippen molar-refractivity contribution < 1.29 is 26.7 Å². The molecule has 2 aromatic rings. The molecule has 0 aliphatic heterocycles. The Morgan fingerprint density at radius 2 is 1.52 bits per heavy atom. The van der Waals surface area contributed by atoms with E-state index in [1.807, 2.05) is 24.3 Å². The van der Waals surface area contributed by atoms with E-state index in [0.717, 1.165) is 23.4 Å². The fraction of sp³-hybridized carbons (Fsp3) is 0.188. The maximum absolute atomic E-state index is 12.8. The van der Waals surface area contributed by atoms with Gasteiger partial charge in [-0.1, -0.05) is 30.3 Å². The fourth-order valence-corrected chi connectivity index (χ4v) is 1.77. The zero-order valence-electron chi connectivity index (χ0n) is 11.8. The molecule has 0 aliphatic carbocycles. The summed E-state index contributed by atoms with van der Waals surface area (Å²) in [7, 11) is 0. The smallest absolute Gasteiger partial charge is 0.426 e. The Bertz CT molecular complexity index is 652. The third kappa shape index (κ3) is 4.34. The number of para-hydroxylation sites is 1. The Kier molecular flexibility index (Phi) is 4.77. The second-order valence-corrected chi connectivity index (χ2v) is 4.77. The lowest BCUT2D eigenvalue weighted by Crippen LogP contribution is -2.41. The van der Waals surface area contributed by atoms with E-state index in [0.29, 0.717) is 12.1 Å². The van der Waals surface area contributed by atoms with Gasteiger partial charge in [0.25, 0.3) is 0 Å². The molecule has 0 saturated carbocycles. The molecule has 0 unspecified atom stereocenters. The van der Waals surface area contributed by atoms with Crippen LogP contribution in [0.4, 0.5) is 27.6 Å². The number of halogens is 5. The van der Waals surface area contributed by atoms with E-state index < -0.39 is 18.0 Å². The van der Waals surface area contributed by atoms with Gasteiger partial charge >= 0.3 is 12.3 Å². The first-order valence-corrected chi connectivity index (χ1v) is 6.56. The van der Waals surface area contributed by atoms with Crippen molar-refractivity contribution in [2.45, 2.75) is 18.8 Å². The molecule has 1 radical (unpaired) electrons. The van der Waals surface area contributed by atoms with Gasteiger partial charge in [0.15, 0.2) is 0 Å². The van der Waals surface area contributed by atoms with Crippen molar-refractivity contribution in [2.24, 2.45) is 0 Å². The largest absolute Gasteiger partial charge is 0.499 e. The average Bonchev–Trinajstić information content (AvgIpc) is 2.46. The Morgan fingerprint density at radius 3 is 2.09 bits per heavy atom. The van der Waals surface area contributed by atoms with Crippen LogP contribution in [0.3, 0.4) is 0 Å². The summed E-state index contributed by atoms with van der Waals surface area (Å²) in [5.74, 6) is -0.561. The zero-order valence-corrected chi connectivity index (χ0v) is 11.8. The number of alkyl halides is 5.